The molecule has 3 aromatic rings. The molecule has 140 valence electrons. The predicted molar refractivity (Wildman–Crippen MR) is 102 cm³/mol. The third-order valence-electron chi connectivity index (χ3n) is 3.86. The Morgan fingerprint density at radius 3 is 2.70 bits per heavy atom. The lowest BCUT2D eigenvalue weighted by atomic mass is 10.2. The van der Waals surface area contributed by atoms with Crippen LogP contribution in [0.3, 0.4) is 0 Å². The fraction of sp³-hybridized carbons (Fsp3) is 0.263. The van der Waals surface area contributed by atoms with E-state index in [-0.39, 0.29) is 11.8 Å². The summed E-state index contributed by atoms with van der Waals surface area (Å²) in [4.78, 5) is 29.8. The van der Waals surface area contributed by atoms with Gasteiger partial charge in [-0.3, -0.25) is 9.59 Å². The second-order valence-corrected chi connectivity index (χ2v) is 7.08. The molecule has 0 fully saturated rings. The van der Waals surface area contributed by atoms with Gasteiger partial charge < -0.3 is 15.2 Å². The maximum absolute atomic E-state index is 12.2. The van der Waals surface area contributed by atoms with Gasteiger partial charge in [0.25, 0.3) is 5.91 Å². The second kappa shape index (κ2) is 8.59. The van der Waals surface area contributed by atoms with Gasteiger partial charge in [0.15, 0.2) is 0 Å². The molecule has 2 heterocycles. The molecule has 1 aromatic carbocycles. The van der Waals surface area contributed by atoms with Gasteiger partial charge in [-0.2, -0.15) is 4.98 Å². The van der Waals surface area contributed by atoms with Crippen LogP contribution in [0, 0.1) is 0 Å². The van der Waals surface area contributed by atoms with Crippen molar-refractivity contribution in [1.82, 2.24) is 20.8 Å². The molecule has 7 nitrogen and oxygen atoms in total. The molecule has 8 heteroatoms. The number of nitrogens with zero attached hydrogens (tertiary/aromatic N) is 2. The predicted octanol–water partition coefficient (Wildman–Crippen LogP) is 3.32. The molecule has 3 rings (SSSR count). The summed E-state index contributed by atoms with van der Waals surface area (Å²) in [6, 6.07) is 12.4. The van der Waals surface area contributed by atoms with Crippen LogP contribution in [0.15, 0.2) is 47.0 Å². The van der Waals surface area contributed by atoms with E-state index in [9.17, 15) is 9.59 Å². The summed E-state index contributed by atoms with van der Waals surface area (Å²) < 4.78 is 5.30. The molecule has 2 aromatic heterocycles. The van der Waals surface area contributed by atoms with Crippen molar-refractivity contribution in [2.45, 2.75) is 32.9 Å². The molecule has 27 heavy (non-hydrogen) atoms. The van der Waals surface area contributed by atoms with Gasteiger partial charge in [0.2, 0.25) is 17.6 Å². The van der Waals surface area contributed by atoms with Gasteiger partial charge in [-0.05, 0) is 31.2 Å². The van der Waals surface area contributed by atoms with Crippen molar-refractivity contribution >= 4 is 23.2 Å². The molecule has 0 aliphatic heterocycles. The normalized spacial score (nSPS) is 11.8. The summed E-state index contributed by atoms with van der Waals surface area (Å²) in [5, 5.41) is 9.67. The van der Waals surface area contributed by atoms with Crippen LogP contribution in [0.25, 0.3) is 10.7 Å². The number of benzene rings is 1. The highest BCUT2D eigenvalue weighted by molar-refractivity contribution is 7.15. The van der Waals surface area contributed by atoms with Crippen molar-refractivity contribution in [1.29, 1.82) is 0 Å². The van der Waals surface area contributed by atoms with Crippen LogP contribution in [0.4, 0.5) is 0 Å². The topological polar surface area (TPSA) is 97.1 Å². The van der Waals surface area contributed by atoms with E-state index in [4.69, 9.17) is 4.52 Å². The lowest BCUT2D eigenvalue weighted by Gasteiger charge is -2.09. The highest BCUT2D eigenvalue weighted by atomic mass is 32.1. The van der Waals surface area contributed by atoms with Crippen LogP contribution in [0.5, 0.6) is 0 Å². The molecule has 2 amide bonds. The third-order valence-corrected chi connectivity index (χ3v) is 4.94. The zero-order valence-corrected chi connectivity index (χ0v) is 15.9. The first-order valence-electron chi connectivity index (χ1n) is 8.62. The third kappa shape index (κ3) is 4.79. The number of thiophene rings is 1. The van der Waals surface area contributed by atoms with E-state index in [1.807, 2.05) is 37.3 Å². The maximum atomic E-state index is 12.2. The van der Waals surface area contributed by atoms with Crippen molar-refractivity contribution in [3.05, 3.63) is 58.8 Å². The van der Waals surface area contributed by atoms with Gasteiger partial charge in [0.1, 0.15) is 6.04 Å². The van der Waals surface area contributed by atoms with E-state index in [2.05, 4.69) is 20.8 Å². The fourth-order valence-electron chi connectivity index (χ4n) is 2.35. The minimum Gasteiger partial charge on any atom is -0.351 e. The van der Waals surface area contributed by atoms with Crippen molar-refractivity contribution < 1.29 is 14.1 Å². The molecule has 0 radical (unpaired) electrons. The zero-order chi connectivity index (χ0) is 19.2. The van der Waals surface area contributed by atoms with E-state index >= 15 is 0 Å². The van der Waals surface area contributed by atoms with E-state index in [1.165, 1.54) is 11.3 Å². The largest absolute Gasteiger partial charge is 0.351 e. The van der Waals surface area contributed by atoms with Gasteiger partial charge in [0, 0.05) is 16.9 Å². The van der Waals surface area contributed by atoms with Crippen molar-refractivity contribution in [3.8, 4) is 10.7 Å². The first kappa shape index (κ1) is 18.8. The Hall–Kier alpha value is -3.00. The van der Waals surface area contributed by atoms with E-state index in [0.717, 1.165) is 9.75 Å². The van der Waals surface area contributed by atoms with Crippen LogP contribution < -0.4 is 10.6 Å². The Morgan fingerprint density at radius 1 is 1.19 bits per heavy atom. The number of amides is 2. The van der Waals surface area contributed by atoms with Crippen LogP contribution >= 0.6 is 11.3 Å². The van der Waals surface area contributed by atoms with E-state index in [1.54, 1.807) is 19.1 Å². The number of rotatable bonds is 7. The SMILES string of the molecule is CCC(=O)NCc1ccc(-c2noc(C(C)NC(=O)c3ccccc3)n2)s1. The Balaban J connectivity index is 1.63. The fourth-order valence-corrected chi connectivity index (χ4v) is 3.22. The highest BCUT2D eigenvalue weighted by Gasteiger charge is 2.19. The summed E-state index contributed by atoms with van der Waals surface area (Å²) in [7, 11) is 0. The van der Waals surface area contributed by atoms with Gasteiger partial charge >= 0.3 is 0 Å². The van der Waals surface area contributed by atoms with Crippen molar-refractivity contribution in [3.63, 3.8) is 0 Å². The van der Waals surface area contributed by atoms with E-state index < -0.39 is 6.04 Å². The van der Waals surface area contributed by atoms with E-state index in [0.29, 0.717) is 30.2 Å². The van der Waals surface area contributed by atoms with Crippen LogP contribution in [-0.2, 0) is 11.3 Å². The van der Waals surface area contributed by atoms with Crippen molar-refractivity contribution in [2.24, 2.45) is 0 Å². The quantitative estimate of drug-likeness (QED) is 0.651. The molecule has 0 saturated carbocycles. The molecular formula is C19H20N4O3S. The van der Waals surface area contributed by atoms with Gasteiger partial charge in [0.05, 0.1) is 11.4 Å². The molecule has 1 unspecified atom stereocenters. The molecule has 1 atom stereocenters. The first-order valence-corrected chi connectivity index (χ1v) is 9.43. The lowest BCUT2D eigenvalue weighted by molar-refractivity contribution is -0.120. The summed E-state index contributed by atoms with van der Waals surface area (Å²) in [6.07, 6.45) is 0.457. The average Bonchev–Trinajstić information content (AvgIpc) is 3.36. The smallest absolute Gasteiger partial charge is 0.251 e. The molecule has 0 bridgehead atoms. The van der Waals surface area contributed by atoms with Gasteiger partial charge in [-0.1, -0.05) is 30.3 Å². The molecule has 0 saturated heterocycles. The summed E-state index contributed by atoms with van der Waals surface area (Å²) in [6.45, 7) is 4.08. The lowest BCUT2D eigenvalue weighted by Crippen LogP contribution is -2.26. The van der Waals surface area contributed by atoms with Crippen molar-refractivity contribution in [2.75, 3.05) is 0 Å². The summed E-state index contributed by atoms with van der Waals surface area (Å²) in [5.74, 6) is 0.607. The maximum Gasteiger partial charge on any atom is 0.251 e. The Labute approximate surface area is 160 Å². The van der Waals surface area contributed by atoms with Gasteiger partial charge in [-0.25, -0.2) is 0 Å². The summed E-state index contributed by atoms with van der Waals surface area (Å²) >= 11 is 1.49. The first-order chi connectivity index (χ1) is 13.1. The minimum atomic E-state index is -0.415. The Bertz CT molecular complexity index is 920. The van der Waals surface area contributed by atoms with Crippen LogP contribution in [0.2, 0.25) is 0 Å². The summed E-state index contributed by atoms with van der Waals surface area (Å²) in [5.41, 5.74) is 0.570. The minimum absolute atomic E-state index is 0.00906. The number of hydrogen-bond acceptors (Lipinski definition) is 6. The van der Waals surface area contributed by atoms with Crippen LogP contribution in [0.1, 0.15) is 47.4 Å². The monoisotopic (exact) mass is 384 g/mol. The number of nitrogens with one attached hydrogen (secondary N) is 2. The standard InChI is InChI=1S/C19H20N4O3S/c1-3-16(24)20-11-14-9-10-15(27-14)17-22-19(26-23-17)12(2)21-18(25)13-7-5-4-6-8-13/h4-10,12H,3,11H2,1-2H3,(H,20,24)(H,21,25). The molecular weight excluding hydrogens is 364 g/mol. The molecule has 0 aliphatic carbocycles. The Kier molecular flexibility index (Phi) is 5.97. The molecule has 0 aliphatic rings. The molecule has 2 N–H and O–H groups in total. The molecule has 0 spiro atoms. The number of hydrogen-bond donors (Lipinski definition) is 2. The highest BCUT2D eigenvalue weighted by Crippen LogP contribution is 2.26. The number of carbonyl (C=O) groups excluding carboxylic acids is 2. The Morgan fingerprint density at radius 2 is 1.96 bits per heavy atom. The van der Waals surface area contributed by atoms with Gasteiger partial charge in [-0.15, -0.1) is 11.3 Å². The number of aromatic nitrogens is 2. The second-order valence-electron chi connectivity index (χ2n) is 5.91. The zero-order valence-electron chi connectivity index (χ0n) is 15.1. The number of carbonyl (C=O) groups is 2. The average molecular weight is 384 g/mol. The van der Waals surface area contributed by atoms with Crippen LogP contribution in [-0.4, -0.2) is 22.0 Å².